The molecule has 1 fully saturated rings. The van der Waals surface area contributed by atoms with Crippen molar-refractivity contribution in [3.63, 3.8) is 0 Å². The number of aromatic nitrogens is 2. The van der Waals surface area contributed by atoms with Gasteiger partial charge in [0, 0.05) is 6.20 Å². The first-order valence-corrected chi connectivity index (χ1v) is 5.89. The van der Waals surface area contributed by atoms with Crippen molar-refractivity contribution < 1.29 is 0 Å². The van der Waals surface area contributed by atoms with Crippen LogP contribution in [0.15, 0.2) is 24.5 Å². The summed E-state index contributed by atoms with van der Waals surface area (Å²) in [7, 11) is 2.19. The zero-order valence-electron chi connectivity index (χ0n) is 9.85. The molecule has 0 radical (unpaired) electrons. The zero-order valence-corrected chi connectivity index (χ0v) is 9.85. The summed E-state index contributed by atoms with van der Waals surface area (Å²) in [5.41, 5.74) is 2.48. The third kappa shape index (κ3) is 1.43. The lowest BCUT2D eigenvalue weighted by molar-refractivity contribution is 0.305. The van der Waals surface area contributed by atoms with Gasteiger partial charge in [-0.05, 0) is 45.0 Å². The van der Waals surface area contributed by atoms with E-state index in [9.17, 15) is 0 Å². The normalized spacial score (nSPS) is 22.0. The van der Waals surface area contributed by atoms with Crippen molar-refractivity contribution in [3.05, 3.63) is 35.9 Å². The summed E-state index contributed by atoms with van der Waals surface area (Å²) in [5.74, 6) is 1.19. The Morgan fingerprint density at radius 1 is 1.38 bits per heavy atom. The van der Waals surface area contributed by atoms with Gasteiger partial charge in [-0.1, -0.05) is 6.07 Å². The molecule has 0 saturated carbocycles. The van der Waals surface area contributed by atoms with Gasteiger partial charge in [0.15, 0.2) is 0 Å². The molecule has 84 valence electrons. The van der Waals surface area contributed by atoms with E-state index in [4.69, 9.17) is 0 Å². The molecule has 0 aromatic carbocycles. The van der Waals surface area contributed by atoms with Crippen LogP contribution in [0.1, 0.15) is 30.3 Å². The largest absolute Gasteiger partial charge is 0.302 e. The van der Waals surface area contributed by atoms with Gasteiger partial charge < -0.3 is 4.40 Å². The monoisotopic (exact) mass is 215 g/mol. The zero-order chi connectivity index (χ0) is 11.1. The lowest BCUT2D eigenvalue weighted by Gasteiger charge is -2.18. The second-order valence-corrected chi connectivity index (χ2v) is 4.76. The van der Waals surface area contributed by atoms with Crippen molar-refractivity contribution in [2.45, 2.75) is 25.8 Å². The number of aryl methyl sites for hydroxylation is 1. The molecule has 3 rings (SSSR count). The third-order valence-electron chi connectivity index (χ3n) is 3.52. The molecule has 2 aromatic heterocycles. The van der Waals surface area contributed by atoms with Crippen molar-refractivity contribution in [1.82, 2.24) is 14.3 Å². The number of hydrogen-bond acceptors (Lipinski definition) is 2. The van der Waals surface area contributed by atoms with Crippen LogP contribution in [0.3, 0.4) is 0 Å². The SMILES string of the molecule is Cc1ccc2cnc(C3CCCN3C)n2c1. The fourth-order valence-electron chi connectivity index (χ4n) is 2.60. The Balaban J connectivity index is 2.12. The van der Waals surface area contributed by atoms with Gasteiger partial charge in [-0.2, -0.15) is 0 Å². The molecular formula is C13H17N3. The molecule has 2 aromatic rings. The number of fused-ring (bicyclic) bond motifs is 1. The molecule has 0 amide bonds. The molecular weight excluding hydrogens is 198 g/mol. The van der Waals surface area contributed by atoms with E-state index in [1.165, 1.54) is 36.3 Å². The molecule has 1 saturated heterocycles. The van der Waals surface area contributed by atoms with Crippen molar-refractivity contribution >= 4 is 5.52 Å². The van der Waals surface area contributed by atoms with Gasteiger partial charge >= 0.3 is 0 Å². The second kappa shape index (κ2) is 3.59. The first-order chi connectivity index (χ1) is 7.75. The van der Waals surface area contributed by atoms with Crippen molar-refractivity contribution in [2.24, 2.45) is 0 Å². The van der Waals surface area contributed by atoms with Gasteiger partial charge in [0.25, 0.3) is 0 Å². The molecule has 1 aliphatic heterocycles. The van der Waals surface area contributed by atoms with E-state index in [0.29, 0.717) is 6.04 Å². The van der Waals surface area contributed by atoms with Gasteiger partial charge in [-0.25, -0.2) is 4.98 Å². The van der Waals surface area contributed by atoms with Gasteiger partial charge in [0.2, 0.25) is 0 Å². The van der Waals surface area contributed by atoms with E-state index in [2.05, 4.69) is 46.6 Å². The summed E-state index contributed by atoms with van der Waals surface area (Å²) in [6.45, 7) is 3.31. The standard InChI is InChI=1S/C13H17N3/c1-10-5-6-11-8-14-13(16(11)9-10)12-4-3-7-15(12)2/h5-6,8-9,12H,3-4,7H2,1-2H3. The Labute approximate surface area is 95.7 Å². The Hall–Kier alpha value is -1.35. The van der Waals surface area contributed by atoms with E-state index in [1.807, 2.05) is 6.20 Å². The minimum atomic E-state index is 0.490. The van der Waals surface area contributed by atoms with E-state index in [0.717, 1.165) is 0 Å². The highest BCUT2D eigenvalue weighted by molar-refractivity contribution is 5.47. The molecule has 3 heteroatoms. The molecule has 1 aliphatic rings. The number of nitrogens with zero attached hydrogens (tertiary/aromatic N) is 3. The predicted molar refractivity (Wildman–Crippen MR) is 64.5 cm³/mol. The predicted octanol–water partition coefficient (Wildman–Crippen LogP) is 2.41. The maximum absolute atomic E-state index is 4.59. The minimum Gasteiger partial charge on any atom is -0.302 e. The van der Waals surface area contributed by atoms with Crippen molar-refractivity contribution in [2.75, 3.05) is 13.6 Å². The molecule has 0 spiro atoms. The topological polar surface area (TPSA) is 20.5 Å². The van der Waals surface area contributed by atoms with Crippen LogP contribution in [0.4, 0.5) is 0 Å². The van der Waals surface area contributed by atoms with Gasteiger partial charge in [-0.3, -0.25) is 4.90 Å². The highest BCUT2D eigenvalue weighted by Gasteiger charge is 2.25. The number of likely N-dealkylation sites (tertiary alicyclic amines) is 1. The van der Waals surface area contributed by atoms with Crippen LogP contribution < -0.4 is 0 Å². The number of imidazole rings is 1. The fraction of sp³-hybridized carbons (Fsp3) is 0.462. The third-order valence-corrected chi connectivity index (χ3v) is 3.52. The molecule has 1 atom stereocenters. The van der Waals surface area contributed by atoms with Gasteiger partial charge in [0.05, 0.1) is 17.8 Å². The van der Waals surface area contributed by atoms with Crippen LogP contribution in [-0.4, -0.2) is 27.9 Å². The number of hydrogen-bond donors (Lipinski definition) is 0. The smallest absolute Gasteiger partial charge is 0.130 e. The Morgan fingerprint density at radius 2 is 2.25 bits per heavy atom. The summed E-state index contributed by atoms with van der Waals surface area (Å²) in [5, 5.41) is 0. The minimum absolute atomic E-state index is 0.490. The van der Waals surface area contributed by atoms with Gasteiger partial charge in [-0.15, -0.1) is 0 Å². The maximum Gasteiger partial charge on any atom is 0.130 e. The van der Waals surface area contributed by atoms with Gasteiger partial charge in [0.1, 0.15) is 5.82 Å². The maximum atomic E-state index is 4.59. The molecule has 3 heterocycles. The van der Waals surface area contributed by atoms with Crippen LogP contribution in [0, 0.1) is 6.92 Å². The number of pyridine rings is 1. The highest BCUT2D eigenvalue weighted by atomic mass is 15.2. The molecule has 0 N–H and O–H groups in total. The van der Waals surface area contributed by atoms with E-state index < -0.39 is 0 Å². The summed E-state index contributed by atoms with van der Waals surface area (Å²) >= 11 is 0. The molecule has 0 bridgehead atoms. The quantitative estimate of drug-likeness (QED) is 0.728. The lowest BCUT2D eigenvalue weighted by atomic mass is 10.2. The first-order valence-electron chi connectivity index (χ1n) is 5.89. The lowest BCUT2D eigenvalue weighted by Crippen LogP contribution is -2.19. The second-order valence-electron chi connectivity index (χ2n) is 4.76. The van der Waals surface area contributed by atoms with Crippen LogP contribution in [0.25, 0.3) is 5.52 Å². The Kier molecular flexibility index (Phi) is 2.21. The average molecular weight is 215 g/mol. The van der Waals surface area contributed by atoms with Crippen molar-refractivity contribution in [3.8, 4) is 0 Å². The van der Waals surface area contributed by atoms with E-state index >= 15 is 0 Å². The van der Waals surface area contributed by atoms with Crippen LogP contribution >= 0.6 is 0 Å². The Morgan fingerprint density at radius 3 is 3.00 bits per heavy atom. The summed E-state index contributed by atoms with van der Waals surface area (Å²) in [6.07, 6.45) is 6.66. The highest BCUT2D eigenvalue weighted by Crippen LogP contribution is 2.29. The average Bonchev–Trinajstić information content (AvgIpc) is 2.83. The molecule has 16 heavy (non-hydrogen) atoms. The van der Waals surface area contributed by atoms with E-state index in [-0.39, 0.29) is 0 Å². The molecule has 3 nitrogen and oxygen atoms in total. The summed E-state index contributed by atoms with van der Waals surface area (Å²) in [4.78, 5) is 6.99. The summed E-state index contributed by atoms with van der Waals surface area (Å²) in [6, 6.07) is 4.77. The van der Waals surface area contributed by atoms with E-state index in [1.54, 1.807) is 0 Å². The van der Waals surface area contributed by atoms with Crippen LogP contribution in [0.5, 0.6) is 0 Å². The first kappa shape index (κ1) is 9.85. The Bertz CT molecular complexity index is 515. The fourth-order valence-corrected chi connectivity index (χ4v) is 2.60. The van der Waals surface area contributed by atoms with Crippen molar-refractivity contribution in [1.29, 1.82) is 0 Å². The summed E-state index contributed by atoms with van der Waals surface area (Å²) < 4.78 is 2.24. The number of rotatable bonds is 1. The van der Waals surface area contributed by atoms with Crippen LogP contribution in [0.2, 0.25) is 0 Å². The molecule has 0 aliphatic carbocycles. The van der Waals surface area contributed by atoms with Crippen LogP contribution in [-0.2, 0) is 0 Å². The molecule has 1 unspecified atom stereocenters.